The van der Waals surface area contributed by atoms with Crippen LogP contribution in [0.3, 0.4) is 0 Å². The molecule has 3 rings (SSSR count). The van der Waals surface area contributed by atoms with Crippen molar-refractivity contribution < 1.29 is 28.1 Å². The van der Waals surface area contributed by atoms with E-state index in [1.165, 1.54) is 11.8 Å². The molecule has 1 amide bonds. The second kappa shape index (κ2) is 11.0. The van der Waals surface area contributed by atoms with E-state index >= 15 is 0 Å². The number of pyridine rings is 1. The van der Waals surface area contributed by atoms with Gasteiger partial charge in [0.2, 0.25) is 11.8 Å². The summed E-state index contributed by atoms with van der Waals surface area (Å²) < 4.78 is 34.6. The monoisotopic (exact) mass is 439 g/mol. The van der Waals surface area contributed by atoms with Crippen molar-refractivity contribution in [3.05, 3.63) is 66.4 Å². The van der Waals surface area contributed by atoms with Gasteiger partial charge in [0.25, 0.3) is 0 Å². The third-order valence-electron chi connectivity index (χ3n) is 4.63. The fourth-order valence-corrected chi connectivity index (χ4v) is 3.05. The van der Waals surface area contributed by atoms with Crippen LogP contribution in [-0.2, 0) is 11.3 Å². The van der Waals surface area contributed by atoms with E-state index in [2.05, 4.69) is 4.98 Å². The largest absolute Gasteiger partial charge is 0.497 e. The zero-order valence-corrected chi connectivity index (χ0v) is 18.2. The average Bonchev–Trinajstić information content (AvgIpc) is 2.82. The molecule has 0 aliphatic rings. The highest BCUT2D eigenvalue weighted by Gasteiger charge is 2.20. The molecule has 0 atom stereocenters. The number of benzene rings is 2. The van der Waals surface area contributed by atoms with Crippen molar-refractivity contribution in [1.82, 2.24) is 4.98 Å². The zero-order chi connectivity index (χ0) is 22.9. The van der Waals surface area contributed by atoms with Crippen LogP contribution in [0.1, 0.15) is 12.5 Å². The summed E-state index contributed by atoms with van der Waals surface area (Å²) in [5, 5.41) is 0. The van der Waals surface area contributed by atoms with Crippen LogP contribution in [0.5, 0.6) is 28.9 Å². The molecule has 0 N–H and O–H groups in total. The van der Waals surface area contributed by atoms with Gasteiger partial charge in [0, 0.05) is 18.7 Å². The third kappa shape index (κ3) is 5.66. The van der Waals surface area contributed by atoms with Crippen LogP contribution >= 0.6 is 0 Å². The van der Waals surface area contributed by atoms with E-state index in [4.69, 9.17) is 18.9 Å². The van der Waals surface area contributed by atoms with Gasteiger partial charge in [0.1, 0.15) is 42.0 Å². The Morgan fingerprint density at radius 3 is 2.34 bits per heavy atom. The molecule has 1 aromatic heterocycles. The maximum absolute atomic E-state index is 12.7. The maximum Gasteiger partial charge on any atom is 0.243 e. The predicted octanol–water partition coefficient (Wildman–Crippen LogP) is 4.79. The smallest absolute Gasteiger partial charge is 0.243 e. The molecule has 0 saturated carbocycles. The molecule has 3 aromatic rings. The first kappa shape index (κ1) is 22.9. The van der Waals surface area contributed by atoms with Crippen molar-refractivity contribution in [3.8, 4) is 28.9 Å². The molecule has 0 aliphatic heterocycles. The highest BCUT2D eigenvalue weighted by atomic mass is 18.2. The molecule has 0 fully saturated rings. The van der Waals surface area contributed by atoms with E-state index in [1.54, 1.807) is 75.0 Å². The Morgan fingerprint density at radius 1 is 1.00 bits per heavy atom. The van der Waals surface area contributed by atoms with Crippen LogP contribution in [0.25, 0.3) is 0 Å². The number of methoxy groups -OCH3 is 2. The third-order valence-corrected chi connectivity index (χ3v) is 4.63. The molecule has 0 spiro atoms. The van der Waals surface area contributed by atoms with Crippen molar-refractivity contribution in [1.29, 1.82) is 0 Å². The summed E-state index contributed by atoms with van der Waals surface area (Å²) in [5.41, 5.74) is 1.14. The summed E-state index contributed by atoms with van der Waals surface area (Å²) in [7, 11) is 3.13. The lowest BCUT2D eigenvalue weighted by atomic mass is 10.1. The minimum Gasteiger partial charge on any atom is -0.497 e. The Morgan fingerprint density at radius 2 is 1.69 bits per heavy atom. The van der Waals surface area contributed by atoms with Crippen LogP contribution in [0.15, 0.2) is 60.8 Å². The molecule has 0 radical (unpaired) electrons. The number of carbonyl (C=O) groups is 1. The minimum atomic E-state index is -0.621. The zero-order valence-electron chi connectivity index (χ0n) is 18.2. The van der Waals surface area contributed by atoms with Gasteiger partial charge in [-0.2, -0.15) is 0 Å². The lowest BCUT2D eigenvalue weighted by Gasteiger charge is -2.24. The van der Waals surface area contributed by atoms with Gasteiger partial charge in [-0.05, 0) is 54.6 Å². The van der Waals surface area contributed by atoms with Crippen molar-refractivity contribution >= 4 is 11.6 Å². The first-order valence-corrected chi connectivity index (χ1v) is 9.96. The number of amides is 1. The van der Waals surface area contributed by atoms with E-state index in [0.717, 1.165) is 0 Å². The molecular formula is C24H25FN2O5. The molecule has 0 saturated heterocycles. The van der Waals surface area contributed by atoms with Gasteiger partial charge in [-0.15, -0.1) is 0 Å². The summed E-state index contributed by atoms with van der Waals surface area (Å²) in [5.74, 6) is 2.34. The number of anilines is 1. The highest BCUT2D eigenvalue weighted by molar-refractivity contribution is 5.92. The van der Waals surface area contributed by atoms with Crippen molar-refractivity contribution in [2.75, 3.05) is 32.4 Å². The molecule has 0 bridgehead atoms. The van der Waals surface area contributed by atoms with Gasteiger partial charge < -0.3 is 23.8 Å². The fourth-order valence-electron chi connectivity index (χ4n) is 3.05. The first-order valence-electron chi connectivity index (χ1n) is 9.96. The molecule has 168 valence electrons. The van der Waals surface area contributed by atoms with Crippen molar-refractivity contribution in [2.24, 2.45) is 0 Å². The molecule has 32 heavy (non-hydrogen) atoms. The van der Waals surface area contributed by atoms with Gasteiger partial charge in [-0.25, -0.2) is 9.37 Å². The van der Waals surface area contributed by atoms with Gasteiger partial charge in [-0.3, -0.25) is 4.79 Å². The van der Waals surface area contributed by atoms with Crippen LogP contribution in [0, 0.1) is 0 Å². The van der Waals surface area contributed by atoms with E-state index in [1.807, 2.05) is 0 Å². The van der Waals surface area contributed by atoms with Gasteiger partial charge in [0.05, 0.1) is 20.8 Å². The highest BCUT2D eigenvalue weighted by Crippen LogP contribution is 2.34. The van der Waals surface area contributed by atoms with Crippen LogP contribution < -0.4 is 23.8 Å². The Kier molecular flexibility index (Phi) is 7.85. The number of carbonyl (C=O) groups excluding carboxylic acids is 1. The number of ether oxygens (including phenoxy) is 4. The van der Waals surface area contributed by atoms with Gasteiger partial charge >= 0.3 is 0 Å². The van der Waals surface area contributed by atoms with Crippen LogP contribution in [-0.4, -0.2) is 38.4 Å². The lowest BCUT2D eigenvalue weighted by molar-refractivity contribution is -0.116. The molecule has 1 heterocycles. The number of hydrogen-bond acceptors (Lipinski definition) is 6. The Bertz CT molecular complexity index is 1040. The number of hydrogen-bond donors (Lipinski definition) is 0. The summed E-state index contributed by atoms with van der Waals surface area (Å²) in [6.45, 7) is 0.897. The first-order chi connectivity index (χ1) is 15.5. The number of aromatic nitrogens is 1. The number of alkyl halides is 1. The number of halogens is 1. The standard InChI is InChI=1S/C24H25FN2O5/c1-17(28)27(16-18-15-21(30-3)10-11-23(18)31-14-12-25)22-5-4-13-26-24(22)32-20-8-6-19(29-2)7-9-20/h4-11,13,15H,12,14,16H2,1-3H3/i25-1. The maximum atomic E-state index is 12.7. The Balaban J connectivity index is 1.93. The second-order valence-corrected chi connectivity index (χ2v) is 6.72. The van der Waals surface area contributed by atoms with Crippen LogP contribution in [0.2, 0.25) is 0 Å². The fraction of sp³-hybridized carbons (Fsp3) is 0.250. The van der Waals surface area contributed by atoms with Crippen molar-refractivity contribution in [3.63, 3.8) is 0 Å². The second-order valence-electron chi connectivity index (χ2n) is 6.72. The SMILES string of the molecule is COc1ccc(Oc2ncccc2N(Cc2cc(OC)ccc2OCC[18F])C(C)=O)cc1. The quantitative estimate of drug-likeness (QED) is 0.452. The van der Waals surface area contributed by atoms with Gasteiger partial charge in [0.15, 0.2) is 0 Å². The molecule has 0 aliphatic carbocycles. The van der Waals surface area contributed by atoms with Crippen LogP contribution in [0.4, 0.5) is 10.1 Å². The minimum absolute atomic E-state index is 0.0852. The normalized spacial score (nSPS) is 10.4. The number of nitrogens with zero attached hydrogens (tertiary/aromatic N) is 2. The summed E-state index contributed by atoms with van der Waals surface area (Å²) >= 11 is 0. The van der Waals surface area contributed by atoms with Crippen molar-refractivity contribution in [2.45, 2.75) is 13.5 Å². The molecular weight excluding hydrogens is 414 g/mol. The predicted molar refractivity (Wildman–Crippen MR) is 119 cm³/mol. The molecule has 8 heteroatoms. The van der Waals surface area contributed by atoms with E-state index in [-0.39, 0.29) is 24.9 Å². The molecule has 0 unspecified atom stereocenters. The summed E-state index contributed by atoms with van der Waals surface area (Å²) in [6.07, 6.45) is 1.59. The molecule has 7 nitrogen and oxygen atoms in total. The topological polar surface area (TPSA) is 70.1 Å². The Labute approximate surface area is 186 Å². The Hall–Kier alpha value is -3.81. The van der Waals surface area contributed by atoms with E-state index < -0.39 is 6.67 Å². The van der Waals surface area contributed by atoms with E-state index in [0.29, 0.717) is 34.2 Å². The summed E-state index contributed by atoms with van der Waals surface area (Å²) in [4.78, 5) is 18.4. The van der Waals surface area contributed by atoms with E-state index in [9.17, 15) is 9.18 Å². The summed E-state index contributed by atoms with van der Waals surface area (Å²) in [6, 6.07) is 15.7. The number of rotatable bonds is 10. The van der Waals surface area contributed by atoms with Gasteiger partial charge in [-0.1, -0.05) is 0 Å². The molecule has 2 aromatic carbocycles. The average molecular weight is 439 g/mol. The lowest BCUT2D eigenvalue weighted by Crippen LogP contribution is -2.28.